The summed E-state index contributed by atoms with van der Waals surface area (Å²) in [4.78, 5) is 0. The van der Waals surface area contributed by atoms with Crippen molar-refractivity contribution in [2.75, 3.05) is 42.7 Å². The van der Waals surface area contributed by atoms with Gasteiger partial charge < -0.3 is 28.4 Å². The molecule has 0 atom stereocenters. The number of rotatable bonds is 6. The Bertz CT molecular complexity index is 2340. The molecule has 22 aliphatic rings. The largest absolute Gasteiger partial charge is 0.365 e. The van der Waals surface area contributed by atoms with Crippen LogP contribution < -0.4 is 0 Å². The normalized spacial score (nSPS) is 27.9. The Morgan fingerprint density at radius 1 is 0.182 bits per heavy atom. The second-order valence-corrected chi connectivity index (χ2v) is 17.4. The lowest BCUT2D eigenvalue weighted by Crippen LogP contribution is -2.33. The summed E-state index contributed by atoms with van der Waals surface area (Å²) in [5.41, 5.74) is 8.13. The summed E-state index contributed by atoms with van der Waals surface area (Å²) in [6.07, 6.45) is 25.1. The second-order valence-electron chi connectivity index (χ2n) is 17.4. The Kier molecular flexibility index (Phi) is 11.0. The zero-order valence-corrected chi connectivity index (χ0v) is 38.2. The third-order valence-electron chi connectivity index (χ3n) is 14.5. The molecular formula is C60H54O6. The maximum absolute atomic E-state index is 6.24. The number of ether oxygens (including phenoxy) is 6. The molecule has 6 aromatic carbocycles. The van der Waals surface area contributed by atoms with Crippen molar-refractivity contribution in [2.45, 2.75) is 33.6 Å². The quantitative estimate of drug-likeness (QED) is 0.155. The van der Waals surface area contributed by atoms with Gasteiger partial charge in [0, 0.05) is 42.7 Å². The van der Waals surface area contributed by atoms with E-state index in [1.54, 1.807) is 42.7 Å². The molecule has 0 saturated heterocycles. The maximum Gasteiger partial charge on any atom is 0.129 e. The van der Waals surface area contributed by atoms with Crippen molar-refractivity contribution in [3.63, 3.8) is 0 Å². The minimum absolute atomic E-state index is 0.760. The lowest BCUT2D eigenvalue weighted by Gasteiger charge is -2.36. The molecule has 6 heteroatoms. The van der Waals surface area contributed by atoms with Crippen LogP contribution in [0.15, 0.2) is 219 Å². The van der Waals surface area contributed by atoms with Gasteiger partial charge in [0.15, 0.2) is 0 Å². The first kappa shape index (κ1) is 43.4. The molecule has 0 aliphatic heterocycles. The standard InChI is InChI=1S/C60H54O6/c1-61-55-31-33-56(62-2,34-32-55)50-21-9-45(10-22-50)46-13-25-52(26-14-46)59(65-5)39-41-60(66-6,42-40-59)54-29-17-48(18-30-54)47-15-27-53(28-16-47)58(64-4)37-35-57(63-3,36-38-58)51-23-11-44(12-24-51)43-7-19-49(55)20-8-43/h7-42H,1-6H3. The Morgan fingerprint density at radius 2 is 0.288 bits per heavy atom. The summed E-state index contributed by atoms with van der Waals surface area (Å²) >= 11 is 0. The second kappa shape index (κ2) is 16.7. The molecule has 28 rings (SSSR count). The van der Waals surface area contributed by atoms with Gasteiger partial charge in [-0.05, 0) is 140 Å². The number of hydrogen-bond acceptors (Lipinski definition) is 6. The fraction of sp³-hybridized carbons (Fsp3) is 0.200. The predicted molar refractivity (Wildman–Crippen MR) is 263 cm³/mol. The van der Waals surface area contributed by atoms with Crippen LogP contribution in [-0.4, -0.2) is 42.7 Å². The lowest BCUT2D eigenvalue weighted by molar-refractivity contribution is 0.0421. The van der Waals surface area contributed by atoms with Gasteiger partial charge in [-0.3, -0.25) is 0 Å². The van der Waals surface area contributed by atoms with Crippen LogP contribution in [0.3, 0.4) is 0 Å². The summed E-state index contributed by atoms with van der Waals surface area (Å²) in [5, 5.41) is 0. The molecule has 18 bridgehead atoms. The smallest absolute Gasteiger partial charge is 0.129 e. The van der Waals surface area contributed by atoms with Gasteiger partial charge in [0.2, 0.25) is 0 Å². The Balaban J connectivity index is 1.03. The van der Waals surface area contributed by atoms with Gasteiger partial charge in [0.25, 0.3) is 0 Å². The molecule has 0 spiro atoms. The van der Waals surface area contributed by atoms with E-state index in [0.717, 1.165) is 66.8 Å². The van der Waals surface area contributed by atoms with E-state index in [2.05, 4.69) is 219 Å². The van der Waals surface area contributed by atoms with Gasteiger partial charge in [-0.25, -0.2) is 0 Å². The van der Waals surface area contributed by atoms with Crippen LogP contribution in [0.2, 0.25) is 0 Å². The van der Waals surface area contributed by atoms with Crippen molar-refractivity contribution in [1.29, 1.82) is 0 Å². The minimum Gasteiger partial charge on any atom is -0.365 e. The van der Waals surface area contributed by atoms with E-state index < -0.39 is 33.6 Å². The van der Waals surface area contributed by atoms with Crippen molar-refractivity contribution in [2.24, 2.45) is 0 Å². The first-order valence-corrected chi connectivity index (χ1v) is 22.3. The number of hydrogen-bond donors (Lipinski definition) is 0. The van der Waals surface area contributed by atoms with Crippen LogP contribution in [0.4, 0.5) is 0 Å². The summed E-state index contributed by atoms with van der Waals surface area (Å²) in [7, 11) is 10.5. The molecule has 0 radical (unpaired) electrons. The summed E-state index contributed by atoms with van der Waals surface area (Å²) in [6.45, 7) is 0. The van der Waals surface area contributed by atoms with E-state index in [9.17, 15) is 0 Å². The molecule has 6 nitrogen and oxygen atoms in total. The van der Waals surface area contributed by atoms with E-state index >= 15 is 0 Å². The molecule has 66 heavy (non-hydrogen) atoms. The zero-order valence-electron chi connectivity index (χ0n) is 38.2. The average molecular weight is 871 g/mol. The fourth-order valence-corrected chi connectivity index (χ4v) is 10.0. The van der Waals surface area contributed by atoms with Gasteiger partial charge in [-0.15, -0.1) is 0 Å². The van der Waals surface area contributed by atoms with Crippen LogP contribution >= 0.6 is 0 Å². The molecule has 0 aromatic heterocycles. The van der Waals surface area contributed by atoms with Crippen molar-refractivity contribution >= 4 is 0 Å². The Labute approximate surface area is 388 Å². The van der Waals surface area contributed by atoms with E-state index in [4.69, 9.17) is 28.4 Å². The minimum atomic E-state index is -0.760. The highest BCUT2D eigenvalue weighted by atomic mass is 16.5. The molecule has 0 saturated carbocycles. The molecule has 0 unspecified atom stereocenters. The molecule has 6 aromatic rings. The third-order valence-corrected chi connectivity index (χ3v) is 14.5. The summed E-state index contributed by atoms with van der Waals surface area (Å²) in [5.74, 6) is 0. The van der Waals surface area contributed by atoms with Crippen molar-refractivity contribution < 1.29 is 28.4 Å². The molecule has 330 valence electrons. The number of benzene rings is 6. The van der Waals surface area contributed by atoms with Gasteiger partial charge in [-0.1, -0.05) is 146 Å². The van der Waals surface area contributed by atoms with E-state index in [1.165, 1.54) is 0 Å². The van der Waals surface area contributed by atoms with Gasteiger partial charge in [0.05, 0.1) is 0 Å². The van der Waals surface area contributed by atoms with Crippen LogP contribution in [0.1, 0.15) is 33.4 Å². The topological polar surface area (TPSA) is 55.4 Å². The zero-order chi connectivity index (χ0) is 45.6. The highest BCUT2D eigenvalue weighted by Gasteiger charge is 2.39. The van der Waals surface area contributed by atoms with Crippen LogP contribution in [0.25, 0.3) is 33.4 Å². The first-order chi connectivity index (χ1) is 32.1. The predicted octanol–water partition coefficient (Wildman–Crippen LogP) is 12.5. The van der Waals surface area contributed by atoms with E-state index in [1.807, 2.05) is 0 Å². The Morgan fingerprint density at radius 3 is 0.379 bits per heavy atom. The van der Waals surface area contributed by atoms with Gasteiger partial charge in [0.1, 0.15) is 33.6 Å². The van der Waals surface area contributed by atoms with E-state index in [-0.39, 0.29) is 0 Å². The number of methoxy groups -OCH3 is 6. The fourth-order valence-electron chi connectivity index (χ4n) is 10.0. The molecular weight excluding hydrogens is 817 g/mol. The molecule has 0 heterocycles. The van der Waals surface area contributed by atoms with Gasteiger partial charge >= 0.3 is 0 Å². The van der Waals surface area contributed by atoms with Crippen LogP contribution in [-0.2, 0) is 62.0 Å². The first-order valence-electron chi connectivity index (χ1n) is 22.3. The van der Waals surface area contributed by atoms with Crippen molar-refractivity contribution in [1.82, 2.24) is 0 Å². The molecule has 0 amide bonds. The highest BCUT2D eigenvalue weighted by molar-refractivity contribution is 5.68. The Hall–Kier alpha value is -6.48. The van der Waals surface area contributed by atoms with Crippen molar-refractivity contribution in [3.8, 4) is 33.4 Å². The van der Waals surface area contributed by atoms with Crippen LogP contribution in [0, 0.1) is 0 Å². The third kappa shape index (κ3) is 7.04. The SMILES string of the molecule is COC12C=CC(OC)(C=C1)c1ccc(cc1)-c1ccc(cc1)C1(OC)C=CC(OC)(C=C1)c1ccc(cc1)-c1ccc(cc1)C1(OC)C=CC(OC)(C=C1)c1ccc(cc1)-c1ccc2cc1. The summed E-state index contributed by atoms with van der Waals surface area (Å²) < 4.78 is 37.4. The summed E-state index contributed by atoms with van der Waals surface area (Å²) in [6, 6.07) is 51.4. The van der Waals surface area contributed by atoms with Crippen molar-refractivity contribution in [3.05, 3.63) is 252 Å². The molecule has 22 aliphatic carbocycles. The lowest BCUT2D eigenvalue weighted by atomic mass is 9.80. The van der Waals surface area contributed by atoms with Gasteiger partial charge in [-0.2, -0.15) is 0 Å². The van der Waals surface area contributed by atoms with E-state index in [0.29, 0.717) is 0 Å². The highest BCUT2D eigenvalue weighted by Crippen LogP contribution is 2.44. The maximum atomic E-state index is 6.24. The van der Waals surface area contributed by atoms with Crippen LogP contribution in [0.5, 0.6) is 0 Å². The molecule has 0 fully saturated rings. The molecule has 0 N–H and O–H groups in total. The average Bonchev–Trinajstić information content (AvgIpc) is 3.41. The monoisotopic (exact) mass is 870 g/mol.